The summed E-state index contributed by atoms with van der Waals surface area (Å²) < 4.78 is 62.2. The molecule has 0 spiro atoms. The Bertz CT molecular complexity index is 795. The normalized spacial score (nSPS) is 11.0. The third-order valence-corrected chi connectivity index (χ3v) is 4.30. The number of benzene rings is 2. The molecule has 0 aromatic heterocycles. The van der Waals surface area contributed by atoms with Gasteiger partial charge in [-0.25, -0.2) is 16.8 Å². The van der Waals surface area contributed by atoms with E-state index in [1.807, 2.05) is 0 Å². The van der Waals surface area contributed by atoms with E-state index < -0.39 is 20.2 Å². The quantitative estimate of drug-likeness (QED) is 0.556. The Morgan fingerprint density at radius 2 is 1.00 bits per heavy atom. The van der Waals surface area contributed by atoms with Crippen molar-refractivity contribution in [2.75, 3.05) is 0 Å². The maximum Gasteiger partial charge on any atom is 2.00 e. The first-order valence-electron chi connectivity index (χ1n) is 5.43. The third-order valence-electron chi connectivity index (χ3n) is 2.17. The fraction of sp³-hybridized carbons (Fsp3) is 0. The predicted octanol–water partition coefficient (Wildman–Crippen LogP) is 2.11. The van der Waals surface area contributed by atoms with Crippen LogP contribution in [0.3, 0.4) is 0 Å². The van der Waals surface area contributed by atoms with Gasteiger partial charge in [0, 0.05) is 10.0 Å². The maximum atomic E-state index is 10.4. The molecule has 0 saturated heterocycles. The van der Waals surface area contributed by atoms with Crippen LogP contribution in [0.5, 0.6) is 0 Å². The van der Waals surface area contributed by atoms with Crippen LogP contribution in [0.15, 0.2) is 58.3 Å². The minimum Gasteiger partial charge on any atom is -0.744 e. The first-order valence-corrected chi connectivity index (χ1v) is 9.00. The first-order chi connectivity index (χ1) is 10.00. The average Bonchev–Trinajstić information content (AvgIpc) is 2.37. The van der Waals surface area contributed by atoms with Crippen molar-refractivity contribution >= 4 is 66.5 Å². The number of hydrogen-bond donors (Lipinski definition) is 0. The molecule has 23 heavy (non-hydrogen) atoms. The summed E-state index contributed by atoms with van der Waals surface area (Å²) in [5.41, 5.74) is 0. The minimum absolute atomic E-state index is 0. The summed E-state index contributed by atoms with van der Waals surface area (Å²) in [7, 11) is -8.72. The smallest absolute Gasteiger partial charge is 0.744 e. The second-order valence-electron chi connectivity index (χ2n) is 3.82. The summed E-state index contributed by atoms with van der Waals surface area (Å²) in [6.45, 7) is 0. The van der Waals surface area contributed by atoms with Gasteiger partial charge < -0.3 is 9.11 Å². The minimum atomic E-state index is -4.36. The number of halogens is 2. The molecule has 0 aliphatic rings. The SMILES string of the molecule is O=S(=O)([O-])c1cccc(Cl)c1.O=S(=O)([O-])c1cccc(Cl)c1.[Mg+2]. The molecule has 0 aliphatic carbocycles. The monoisotopic (exact) mass is 406 g/mol. The summed E-state index contributed by atoms with van der Waals surface area (Å²) in [6.07, 6.45) is 0. The van der Waals surface area contributed by atoms with Crippen LogP contribution < -0.4 is 0 Å². The largest absolute Gasteiger partial charge is 2.00 e. The summed E-state index contributed by atoms with van der Waals surface area (Å²) in [4.78, 5) is -0.602. The van der Waals surface area contributed by atoms with E-state index in [1.165, 1.54) is 36.4 Å². The Morgan fingerprint density at radius 1 is 0.696 bits per heavy atom. The Kier molecular flexibility index (Phi) is 9.03. The molecule has 120 valence electrons. The van der Waals surface area contributed by atoms with Crippen LogP contribution in [0.2, 0.25) is 10.0 Å². The summed E-state index contributed by atoms with van der Waals surface area (Å²) in [5, 5.41) is 0.476. The molecule has 11 heteroatoms. The van der Waals surface area contributed by atoms with E-state index in [2.05, 4.69) is 0 Å². The molecular formula is C12H8Cl2MgO6S2. The summed E-state index contributed by atoms with van der Waals surface area (Å²) in [5.74, 6) is 0. The van der Waals surface area contributed by atoms with Crippen molar-refractivity contribution in [2.24, 2.45) is 0 Å². The molecular weight excluding hydrogens is 399 g/mol. The van der Waals surface area contributed by atoms with Gasteiger partial charge in [0.15, 0.2) is 0 Å². The van der Waals surface area contributed by atoms with E-state index in [1.54, 1.807) is 0 Å². The molecule has 0 atom stereocenters. The van der Waals surface area contributed by atoms with Gasteiger partial charge in [-0.3, -0.25) is 0 Å². The number of rotatable bonds is 2. The Hall–Kier alpha value is -0.394. The van der Waals surface area contributed by atoms with Gasteiger partial charge in [-0.2, -0.15) is 0 Å². The molecule has 2 rings (SSSR count). The van der Waals surface area contributed by atoms with Crippen molar-refractivity contribution in [1.82, 2.24) is 0 Å². The molecule has 0 heterocycles. The number of hydrogen-bond acceptors (Lipinski definition) is 6. The Morgan fingerprint density at radius 3 is 1.17 bits per heavy atom. The van der Waals surface area contributed by atoms with Crippen LogP contribution >= 0.6 is 23.2 Å². The van der Waals surface area contributed by atoms with Crippen LogP contribution in [0.1, 0.15) is 0 Å². The van der Waals surface area contributed by atoms with E-state index in [9.17, 15) is 25.9 Å². The van der Waals surface area contributed by atoms with Crippen molar-refractivity contribution < 1.29 is 25.9 Å². The van der Waals surface area contributed by atoms with Crippen molar-refractivity contribution in [3.63, 3.8) is 0 Å². The molecule has 0 radical (unpaired) electrons. The van der Waals surface area contributed by atoms with Crippen LogP contribution in [-0.4, -0.2) is 49.0 Å². The fourth-order valence-corrected chi connectivity index (χ4v) is 2.79. The van der Waals surface area contributed by atoms with Crippen molar-refractivity contribution in [3.05, 3.63) is 58.6 Å². The average molecular weight is 408 g/mol. The van der Waals surface area contributed by atoms with E-state index in [4.69, 9.17) is 23.2 Å². The fourth-order valence-electron chi connectivity index (χ4n) is 1.25. The van der Waals surface area contributed by atoms with Gasteiger partial charge in [-0.1, -0.05) is 35.3 Å². The zero-order chi connectivity index (χ0) is 17.0. The second kappa shape index (κ2) is 9.18. The molecule has 0 amide bonds. The van der Waals surface area contributed by atoms with Gasteiger partial charge in [-0.05, 0) is 36.4 Å². The zero-order valence-electron chi connectivity index (χ0n) is 11.3. The van der Waals surface area contributed by atoms with Crippen molar-refractivity contribution in [3.8, 4) is 0 Å². The van der Waals surface area contributed by atoms with Crippen molar-refractivity contribution in [2.45, 2.75) is 9.79 Å². The third kappa shape index (κ3) is 8.31. The van der Waals surface area contributed by atoms with Crippen LogP contribution in [-0.2, 0) is 20.2 Å². The molecule has 0 unspecified atom stereocenters. The standard InChI is InChI=1S/2C6H5ClO3S.Mg/c2*7-5-2-1-3-6(4-5)11(8,9)10;/h2*1-4H,(H,8,9,10);/q;;+2/p-2. The van der Waals surface area contributed by atoms with Crippen LogP contribution in [0, 0.1) is 0 Å². The van der Waals surface area contributed by atoms with Gasteiger partial charge in [0.1, 0.15) is 20.2 Å². The van der Waals surface area contributed by atoms with Crippen LogP contribution in [0.4, 0.5) is 0 Å². The zero-order valence-corrected chi connectivity index (χ0v) is 15.9. The molecule has 2 aromatic carbocycles. The van der Waals surface area contributed by atoms with E-state index in [0.717, 1.165) is 12.1 Å². The Balaban J connectivity index is 0.000000403. The van der Waals surface area contributed by atoms with E-state index in [0.29, 0.717) is 0 Å². The first kappa shape index (κ1) is 22.6. The molecule has 0 aliphatic heterocycles. The molecule has 0 bridgehead atoms. The van der Waals surface area contributed by atoms with Gasteiger partial charge >= 0.3 is 23.1 Å². The van der Waals surface area contributed by atoms with E-state index >= 15 is 0 Å². The Labute approximate surface area is 160 Å². The molecule has 0 fully saturated rings. The van der Waals surface area contributed by atoms with Gasteiger partial charge in [-0.15, -0.1) is 0 Å². The topological polar surface area (TPSA) is 114 Å². The maximum absolute atomic E-state index is 10.4. The van der Waals surface area contributed by atoms with Gasteiger partial charge in [0.05, 0.1) is 9.79 Å². The second-order valence-corrected chi connectivity index (χ2v) is 7.46. The molecule has 0 N–H and O–H groups in total. The molecule has 2 aromatic rings. The van der Waals surface area contributed by atoms with Crippen molar-refractivity contribution in [1.29, 1.82) is 0 Å². The van der Waals surface area contributed by atoms with Gasteiger partial charge in [0.2, 0.25) is 0 Å². The summed E-state index contributed by atoms with van der Waals surface area (Å²) in [6, 6.07) is 10.4. The predicted molar refractivity (Wildman–Crippen MR) is 84.6 cm³/mol. The molecule has 6 nitrogen and oxygen atoms in total. The van der Waals surface area contributed by atoms with Crippen LogP contribution in [0.25, 0.3) is 0 Å². The summed E-state index contributed by atoms with van der Waals surface area (Å²) >= 11 is 10.9. The van der Waals surface area contributed by atoms with Gasteiger partial charge in [0.25, 0.3) is 0 Å². The van der Waals surface area contributed by atoms with E-state index in [-0.39, 0.29) is 42.9 Å². The molecule has 0 saturated carbocycles.